The lowest BCUT2D eigenvalue weighted by atomic mass is 10.2. The first-order chi connectivity index (χ1) is 11.9. The maximum absolute atomic E-state index is 5.41. The maximum Gasteiger partial charge on any atom is 0.138 e. The Morgan fingerprint density at radius 2 is 1.96 bits per heavy atom. The highest BCUT2D eigenvalue weighted by Crippen LogP contribution is 2.34. The van der Waals surface area contributed by atoms with Crippen LogP contribution < -0.4 is 10.2 Å². The van der Waals surface area contributed by atoms with Crippen LogP contribution in [0.5, 0.6) is 0 Å². The molecule has 3 heterocycles. The van der Waals surface area contributed by atoms with E-state index in [9.17, 15) is 0 Å². The molecule has 3 aromatic rings. The van der Waals surface area contributed by atoms with Crippen molar-refractivity contribution in [3.8, 4) is 10.4 Å². The third-order valence-electron chi connectivity index (χ3n) is 4.36. The molecule has 0 radical (unpaired) electrons. The van der Waals surface area contributed by atoms with Crippen LogP contribution in [-0.4, -0.2) is 49.4 Å². The molecule has 1 aliphatic rings. The second-order valence-corrected chi connectivity index (χ2v) is 6.99. The van der Waals surface area contributed by atoms with Crippen molar-refractivity contribution < 1.29 is 9.64 Å². The van der Waals surface area contributed by atoms with Crippen molar-refractivity contribution in [2.45, 2.75) is 0 Å². The quantitative estimate of drug-likeness (QED) is 0.741. The highest BCUT2D eigenvalue weighted by Gasteiger charge is 2.14. The molecule has 5 nitrogen and oxygen atoms in total. The van der Waals surface area contributed by atoms with Gasteiger partial charge in [-0.25, -0.2) is 9.97 Å². The highest BCUT2D eigenvalue weighted by molar-refractivity contribution is 7.21. The average Bonchev–Trinajstić information content (AvgIpc) is 3.09. The molecule has 1 aliphatic heterocycles. The maximum atomic E-state index is 5.41. The van der Waals surface area contributed by atoms with Crippen LogP contribution in [0.4, 0.5) is 5.82 Å². The summed E-state index contributed by atoms with van der Waals surface area (Å²) in [5, 5.41) is 4.60. The Morgan fingerprint density at radius 3 is 2.79 bits per heavy atom. The molecule has 6 heteroatoms. The van der Waals surface area contributed by atoms with E-state index < -0.39 is 0 Å². The van der Waals surface area contributed by atoms with Gasteiger partial charge >= 0.3 is 0 Å². The van der Waals surface area contributed by atoms with Crippen molar-refractivity contribution in [1.29, 1.82) is 0 Å². The van der Waals surface area contributed by atoms with E-state index in [4.69, 9.17) is 4.74 Å². The summed E-state index contributed by atoms with van der Waals surface area (Å²) in [5.41, 5.74) is 1.23. The number of aromatic nitrogens is 2. The SMILES string of the molecule is c1ccc(-c2cc3c(NCC[NH+]4CCOCC4)ncnc3s2)cc1. The van der Waals surface area contributed by atoms with Gasteiger partial charge in [-0.3, -0.25) is 0 Å². The molecule has 2 N–H and O–H groups in total. The predicted octanol–water partition coefficient (Wildman–Crippen LogP) is 1.69. The molecule has 1 aromatic carbocycles. The van der Waals surface area contributed by atoms with Gasteiger partial charge < -0.3 is 15.0 Å². The van der Waals surface area contributed by atoms with E-state index >= 15 is 0 Å². The van der Waals surface area contributed by atoms with Crippen LogP contribution in [0.1, 0.15) is 0 Å². The first-order valence-corrected chi connectivity index (χ1v) is 9.17. The van der Waals surface area contributed by atoms with Gasteiger partial charge in [0.1, 0.15) is 30.1 Å². The predicted molar refractivity (Wildman–Crippen MR) is 97.7 cm³/mol. The molecule has 2 aromatic heterocycles. The topological polar surface area (TPSA) is 51.5 Å². The van der Waals surface area contributed by atoms with Crippen LogP contribution >= 0.6 is 11.3 Å². The molecule has 0 spiro atoms. The summed E-state index contributed by atoms with van der Waals surface area (Å²) in [4.78, 5) is 12.7. The Morgan fingerprint density at radius 1 is 1.12 bits per heavy atom. The Bertz CT molecular complexity index is 799. The van der Waals surface area contributed by atoms with E-state index in [1.165, 1.54) is 10.4 Å². The van der Waals surface area contributed by atoms with Crippen molar-refractivity contribution in [2.75, 3.05) is 44.7 Å². The first-order valence-electron chi connectivity index (χ1n) is 8.35. The third kappa shape index (κ3) is 3.40. The molecular formula is C18H21N4OS+. The van der Waals surface area contributed by atoms with Crippen LogP contribution in [0.2, 0.25) is 0 Å². The van der Waals surface area contributed by atoms with Gasteiger partial charge in [-0.2, -0.15) is 0 Å². The number of fused-ring (bicyclic) bond motifs is 1. The van der Waals surface area contributed by atoms with Crippen LogP contribution in [0.15, 0.2) is 42.7 Å². The molecule has 1 saturated heterocycles. The summed E-state index contributed by atoms with van der Waals surface area (Å²) < 4.78 is 5.41. The molecule has 124 valence electrons. The minimum absolute atomic E-state index is 0.873. The van der Waals surface area contributed by atoms with Crippen LogP contribution in [0, 0.1) is 0 Å². The molecule has 4 rings (SSSR count). The third-order valence-corrected chi connectivity index (χ3v) is 5.45. The number of nitrogens with zero attached hydrogens (tertiary/aromatic N) is 2. The molecule has 0 atom stereocenters. The van der Waals surface area contributed by atoms with Gasteiger partial charge in [-0.1, -0.05) is 30.3 Å². The summed E-state index contributed by atoms with van der Waals surface area (Å²) in [6, 6.07) is 12.6. The number of quaternary nitrogens is 1. The number of hydrogen-bond donors (Lipinski definition) is 2. The molecule has 0 aliphatic carbocycles. The zero-order valence-electron chi connectivity index (χ0n) is 13.5. The van der Waals surface area contributed by atoms with Crippen molar-refractivity contribution in [2.24, 2.45) is 0 Å². The minimum Gasteiger partial charge on any atom is -0.370 e. The highest BCUT2D eigenvalue weighted by atomic mass is 32.1. The zero-order chi connectivity index (χ0) is 16.2. The number of morpholine rings is 1. The smallest absolute Gasteiger partial charge is 0.138 e. The average molecular weight is 341 g/mol. The van der Waals surface area contributed by atoms with Gasteiger partial charge in [0.25, 0.3) is 0 Å². The van der Waals surface area contributed by atoms with Crippen molar-refractivity contribution >= 4 is 27.4 Å². The lowest BCUT2D eigenvalue weighted by Crippen LogP contribution is -3.14. The molecule has 0 saturated carbocycles. The molecule has 0 bridgehead atoms. The standard InChI is InChI=1S/C18H20N4OS/c1-2-4-14(5-3-1)16-12-15-17(20-13-21-18(15)24-16)19-6-7-22-8-10-23-11-9-22/h1-5,12-13H,6-11H2,(H,19,20,21)/p+1. The summed E-state index contributed by atoms with van der Waals surface area (Å²) in [5.74, 6) is 0.936. The number of benzene rings is 1. The van der Waals surface area contributed by atoms with Crippen molar-refractivity contribution in [3.63, 3.8) is 0 Å². The van der Waals surface area contributed by atoms with Crippen LogP contribution in [-0.2, 0) is 4.74 Å². The summed E-state index contributed by atoms with van der Waals surface area (Å²) >= 11 is 1.71. The number of ether oxygens (including phenoxy) is 1. The molecule has 24 heavy (non-hydrogen) atoms. The van der Waals surface area contributed by atoms with Crippen molar-refractivity contribution in [3.05, 3.63) is 42.7 Å². The summed E-state index contributed by atoms with van der Waals surface area (Å²) in [6.07, 6.45) is 1.65. The Kier molecular flexibility index (Phi) is 4.69. The van der Waals surface area contributed by atoms with E-state index in [0.29, 0.717) is 0 Å². The van der Waals surface area contributed by atoms with E-state index in [-0.39, 0.29) is 0 Å². The lowest BCUT2D eigenvalue weighted by Gasteiger charge is -2.23. The van der Waals surface area contributed by atoms with Gasteiger partial charge in [0, 0.05) is 4.88 Å². The van der Waals surface area contributed by atoms with Crippen molar-refractivity contribution in [1.82, 2.24) is 9.97 Å². The zero-order valence-corrected chi connectivity index (χ0v) is 14.3. The fourth-order valence-electron chi connectivity index (χ4n) is 3.01. The largest absolute Gasteiger partial charge is 0.370 e. The Hall–Kier alpha value is -2.02. The molecule has 0 unspecified atom stereocenters. The van der Waals surface area contributed by atoms with Gasteiger partial charge in [-0.15, -0.1) is 11.3 Å². The van der Waals surface area contributed by atoms with Gasteiger partial charge in [-0.05, 0) is 11.6 Å². The monoisotopic (exact) mass is 341 g/mol. The number of hydrogen-bond acceptors (Lipinski definition) is 5. The fourth-order valence-corrected chi connectivity index (χ4v) is 4.01. The van der Waals surface area contributed by atoms with E-state index in [2.05, 4.69) is 45.6 Å². The van der Waals surface area contributed by atoms with E-state index in [1.807, 2.05) is 6.07 Å². The first kappa shape index (κ1) is 15.5. The number of anilines is 1. The fraction of sp³-hybridized carbons (Fsp3) is 0.333. The number of nitrogens with one attached hydrogen (secondary N) is 2. The summed E-state index contributed by atoms with van der Waals surface area (Å²) in [6.45, 7) is 5.94. The van der Waals surface area contributed by atoms with Gasteiger partial charge in [0.2, 0.25) is 0 Å². The lowest BCUT2D eigenvalue weighted by molar-refractivity contribution is -0.906. The normalized spacial score (nSPS) is 15.7. The molecular weight excluding hydrogens is 320 g/mol. The van der Waals surface area contributed by atoms with E-state index in [0.717, 1.165) is 55.4 Å². The van der Waals surface area contributed by atoms with Crippen LogP contribution in [0.25, 0.3) is 20.7 Å². The number of thiophene rings is 1. The summed E-state index contributed by atoms with van der Waals surface area (Å²) in [7, 11) is 0. The number of rotatable bonds is 5. The van der Waals surface area contributed by atoms with Gasteiger partial charge in [0.15, 0.2) is 0 Å². The Balaban J connectivity index is 1.49. The van der Waals surface area contributed by atoms with Crippen LogP contribution in [0.3, 0.4) is 0 Å². The molecule has 1 fully saturated rings. The minimum atomic E-state index is 0.873. The molecule has 0 amide bonds. The van der Waals surface area contributed by atoms with Gasteiger partial charge in [0.05, 0.1) is 31.7 Å². The Labute approximate surface area is 145 Å². The van der Waals surface area contributed by atoms with E-state index in [1.54, 1.807) is 22.6 Å². The second kappa shape index (κ2) is 7.25. The second-order valence-electron chi connectivity index (χ2n) is 5.96.